The molecule has 2 aromatic rings. The number of nitrogens with zero attached hydrogens (tertiary/aromatic N) is 4. The monoisotopic (exact) mass is 310 g/mol. The highest BCUT2D eigenvalue weighted by molar-refractivity contribution is 7.99. The number of H-pyrrole nitrogens is 1. The van der Waals surface area contributed by atoms with Gasteiger partial charge in [0.1, 0.15) is 5.03 Å². The van der Waals surface area contributed by atoms with E-state index in [1.165, 1.54) is 16.3 Å². The van der Waals surface area contributed by atoms with E-state index in [4.69, 9.17) is 0 Å². The van der Waals surface area contributed by atoms with Crippen LogP contribution in [-0.2, 0) is 20.6 Å². The largest absolute Gasteiger partial charge is 0.343 e. The molecule has 21 heavy (non-hydrogen) atoms. The second-order valence-corrected chi connectivity index (χ2v) is 6.45. The van der Waals surface area contributed by atoms with E-state index in [0.717, 1.165) is 29.4 Å². The lowest BCUT2D eigenvalue weighted by atomic mass is 10.2. The molecule has 0 saturated carbocycles. The van der Waals surface area contributed by atoms with Gasteiger partial charge in [0.15, 0.2) is 5.16 Å². The maximum absolute atomic E-state index is 11.4. The first-order valence-electron chi connectivity index (χ1n) is 6.92. The molecule has 0 unspecified atom stereocenters. The van der Waals surface area contributed by atoms with Crippen molar-refractivity contribution < 1.29 is 0 Å². The third-order valence-electron chi connectivity index (χ3n) is 3.17. The van der Waals surface area contributed by atoms with Crippen LogP contribution in [0.2, 0.25) is 0 Å². The average molecular weight is 310 g/mol. The molecule has 2 aromatic heterocycles. The maximum atomic E-state index is 11.4. The number of nitrogens with one attached hydrogen (secondary N) is 2. The molecule has 0 aliphatic carbocycles. The summed E-state index contributed by atoms with van der Waals surface area (Å²) in [7, 11) is 3.61. The summed E-state index contributed by atoms with van der Waals surface area (Å²) in [5.41, 5.74) is 1.94. The van der Waals surface area contributed by atoms with E-state index in [-0.39, 0.29) is 5.69 Å². The zero-order valence-electron chi connectivity index (χ0n) is 13.1. The van der Waals surface area contributed by atoms with Crippen molar-refractivity contribution in [1.82, 2.24) is 29.9 Å². The Hall–Kier alpha value is -1.54. The maximum Gasteiger partial charge on any atom is 0.343 e. The third kappa shape index (κ3) is 3.56. The van der Waals surface area contributed by atoms with Crippen molar-refractivity contribution in [2.45, 2.75) is 37.5 Å². The molecule has 8 heteroatoms. The molecule has 2 rings (SSSR count). The predicted octanol–water partition coefficient (Wildman–Crippen LogP) is 1.05. The standard InChI is InChI=1S/C13H22N6OS/c1-8(2)6-14-7-10-9(3)17-19(5)11(10)21-13-16-15-12(20)18(13)4/h8,14H,6-7H2,1-5H3,(H,15,20). The van der Waals surface area contributed by atoms with Crippen LogP contribution in [-0.4, -0.2) is 31.1 Å². The molecule has 116 valence electrons. The fourth-order valence-corrected chi connectivity index (χ4v) is 3.01. The van der Waals surface area contributed by atoms with Gasteiger partial charge in [0.25, 0.3) is 0 Å². The summed E-state index contributed by atoms with van der Waals surface area (Å²) >= 11 is 1.45. The van der Waals surface area contributed by atoms with E-state index in [1.807, 2.05) is 18.7 Å². The molecule has 0 fully saturated rings. The van der Waals surface area contributed by atoms with Crippen LogP contribution in [0.25, 0.3) is 0 Å². The van der Waals surface area contributed by atoms with Crippen LogP contribution < -0.4 is 11.0 Å². The van der Waals surface area contributed by atoms with Crippen molar-refractivity contribution in [1.29, 1.82) is 0 Å². The quantitative estimate of drug-likeness (QED) is 0.833. The van der Waals surface area contributed by atoms with E-state index in [1.54, 1.807) is 7.05 Å². The van der Waals surface area contributed by atoms with Crippen LogP contribution in [0.5, 0.6) is 0 Å². The predicted molar refractivity (Wildman–Crippen MR) is 82.4 cm³/mol. The molecule has 0 radical (unpaired) electrons. The molecule has 0 bridgehead atoms. The van der Waals surface area contributed by atoms with Crippen LogP contribution in [0.15, 0.2) is 15.0 Å². The van der Waals surface area contributed by atoms with Crippen molar-refractivity contribution in [3.8, 4) is 0 Å². The van der Waals surface area contributed by atoms with Gasteiger partial charge in [-0.15, -0.1) is 5.10 Å². The highest BCUT2D eigenvalue weighted by atomic mass is 32.2. The van der Waals surface area contributed by atoms with Gasteiger partial charge in [-0.3, -0.25) is 9.25 Å². The number of aromatic nitrogens is 5. The molecule has 0 spiro atoms. The Labute approximate surface area is 128 Å². The van der Waals surface area contributed by atoms with E-state index in [0.29, 0.717) is 11.1 Å². The fourth-order valence-electron chi connectivity index (χ4n) is 2.01. The first-order valence-corrected chi connectivity index (χ1v) is 7.74. The lowest BCUT2D eigenvalue weighted by molar-refractivity contribution is 0.547. The lowest BCUT2D eigenvalue weighted by Gasteiger charge is -2.09. The zero-order chi connectivity index (χ0) is 15.6. The second kappa shape index (κ2) is 6.48. The molecule has 7 nitrogen and oxygen atoms in total. The van der Waals surface area contributed by atoms with Gasteiger partial charge in [-0.2, -0.15) is 5.10 Å². The number of hydrogen-bond acceptors (Lipinski definition) is 5. The number of aryl methyl sites for hydroxylation is 2. The Kier molecular flexibility index (Phi) is 4.89. The van der Waals surface area contributed by atoms with Crippen LogP contribution in [0, 0.1) is 12.8 Å². The van der Waals surface area contributed by atoms with Crippen LogP contribution in [0.1, 0.15) is 25.1 Å². The molecule has 0 aliphatic heterocycles. The summed E-state index contributed by atoms with van der Waals surface area (Å²) < 4.78 is 3.34. The SMILES string of the molecule is Cc1nn(C)c(Sc2n[nH]c(=O)n2C)c1CNCC(C)C. The minimum Gasteiger partial charge on any atom is -0.312 e. The fraction of sp³-hybridized carbons (Fsp3) is 0.615. The van der Waals surface area contributed by atoms with Crippen LogP contribution in [0.3, 0.4) is 0 Å². The Morgan fingerprint density at radius 2 is 2.10 bits per heavy atom. The normalized spacial score (nSPS) is 11.5. The van der Waals surface area contributed by atoms with Gasteiger partial charge in [-0.25, -0.2) is 9.89 Å². The van der Waals surface area contributed by atoms with Crippen molar-refractivity contribution in [2.75, 3.05) is 6.54 Å². The topological polar surface area (TPSA) is 80.5 Å². The lowest BCUT2D eigenvalue weighted by Crippen LogP contribution is -2.19. The van der Waals surface area contributed by atoms with Gasteiger partial charge in [0.2, 0.25) is 0 Å². The molecular weight excluding hydrogens is 288 g/mol. The molecule has 0 aromatic carbocycles. The first-order chi connectivity index (χ1) is 9.90. The van der Waals surface area contributed by atoms with Crippen molar-refractivity contribution >= 4 is 11.8 Å². The third-order valence-corrected chi connectivity index (χ3v) is 4.42. The first kappa shape index (κ1) is 15.8. The summed E-state index contributed by atoms with van der Waals surface area (Å²) in [6.45, 7) is 8.08. The van der Waals surface area contributed by atoms with Gasteiger partial charge >= 0.3 is 5.69 Å². The molecule has 0 aliphatic rings. The summed E-state index contributed by atoms with van der Waals surface area (Å²) in [5.74, 6) is 0.602. The number of aromatic amines is 1. The zero-order valence-corrected chi connectivity index (χ0v) is 13.9. The van der Waals surface area contributed by atoms with Crippen molar-refractivity contribution in [3.05, 3.63) is 21.7 Å². The van der Waals surface area contributed by atoms with Gasteiger partial charge in [-0.05, 0) is 31.1 Å². The van der Waals surface area contributed by atoms with Gasteiger partial charge in [0.05, 0.1) is 5.69 Å². The van der Waals surface area contributed by atoms with E-state index < -0.39 is 0 Å². The Bertz CT molecular complexity index is 669. The molecule has 2 heterocycles. The Morgan fingerprint density at radius 1 is 1.38 bits per heavy atom. The van der Waals surface area contributed by atoms with Crippen LogP contribution in [0.4, 0.5) is 0 Å². The molecule has 2 N–H and O–H groups in total. The number of hydrogen-bond donors (Lipinski definition) is 2. The van der Waals surface area contributed by atoms with Gasteiger partial charge < -0.3 is 5.32 Å². The summed E-state index contributed by atoms with van der Waals surface area (Å²) in [6, 6.07) is 0. The van der Waals surface area contributed by atoms with E-state index in [2.05, 4.69) is 34.5 Å². The summed E-state index contributed by atoms with van der Waals surface area (Å²) in [6.07, 6.45) is 0. The minimum absolute atomic E-state index is 0.212. The van der Waals surface area contributed by atoms with E-state index in [9.17, 15) is 4.79 Å². The van der Waals surface area contributed by atoms with Crippen molar-refractivity contribution in [2.24, 2.45) is 20.0 Å². The summed E-state index contributed by atoms with van der Waals surface area (Å²) in [4.78, 5) is 11.4. The Morgan fingerprint density at radius 3 is 2.67 bits per heavy atom. The minimum atomic E-state index is -0.212. The Balaban J connectivity index is 2.22. The molecular formula is C13H22N6OS. The summed E-state index contributed by atoms with van der Waals surface area (Å²) in [5, 5.41) is 16.0. The van der Waals surface area contributed by atoms with Crippen molar-refractivity contribution in [3.63, 3.8) is 0 Å². The average Bonchev–Trinajstić information content (AvgIpc) is 2.85. The van der Waals surface area contributed by atoms with Gasteiger partial charge in [0, 0.05) is 26.2 Å². The number of rotatable bonds is 6. The molecule has 0 saturated heterocycles. The van der Waals surface area contributed by atoms with Gasteiger partial charge in [-0.1, -0.05) is 13.8 Å². The molecule has 0 atom stereocenters. The van der Waals surface area contributed by atoms with E-state index >= 15 is 0 Å². The highest BCUT2D eigenvalue weighted by Crippen LogP contribution is 2.29. The second-order valence-electron chi connectivity index (χ2n) is 5.49. The highest BCUT2D eigenvalue weighted by Gasteiger charge is 2.17. The van der Waals surface area contributed by atoms with Crippen LogP contribution >= 0.6 is 11.8 Å². The molecule has 0 amide bonds. The smallest absolute Gasteiger partial charge is 0.312 e.